The van der Waals surface area contributed by atoms with Gasteiger partial charge in [-0.2, -0.15) is 5.10 Å². The topological polar surface area (TPSA) is 94.5 Å². The van der Waals surface area contributed by atoms with Crippen LogP contribution in [0.2, 0.25) is 10.0 Å². The number of aromatic nitrogens is 4. The van der Waals surface area contributed by atoms with Gasteiger partial charge in [-0.15, -0.1) is 0 Å². The summed E-state index contributed by atoms with van der Waals surface area (Å²) in [5.41, 5.74) is 10.6. The van der Waals surface area contributed by atoms with Crippen molar-refractivity contribution in [2.75, 3.05) is 18.1 Å². The molecule has 1 atom stereocenters. The molecule has 9 nitrogen and oxygen atoms in total. The molecule has 51 heavy (non-hydrogen) atoms. The van der Waals surface area contributed by atoms with Crippen LogP contribution in [0.4, 0.5) is 5.69 Å². The van der Waals surface area contributed by atoms with E-state index in [-0.39, 0.29) is 17.5 Å². The molecule has 1 aliphatic heterocycles. The molecule has 1 amide bonds. The van der Waals surface area contributed by atoms with Crippen molar-refractivity contribution in [3.8, 4) is 16.9 Å². The molecule has 1 aliphatic rings. The SMILES string of the molecule is Cc1cc(OCCCc2c3n(c4c(-c5c(C)nn(C)c5C)c(Cl)ccc24)C(C)CN(c2cn(C)c4c(C)c(C(=O)O)ccc24)C3=O)cc(C)c1Cl. The third-order valence-electron chi connectivity index (χ3n) is 10.5. The van der Waals surface area contributed by atoms with Crippen molar-refractivity contribution in [1.82, 2.24) is 18.9 Å². The van der Waals surface area contributed by atoms with Gasteiger partial charge in [0.05, 0.1) is 39.6 Å². The number of anilines is 1. The molecule has 7 rings (SSSR count). The lowest BCUT2D eigenvalue weighted by Crippen LogP contribution is -2.42. The highest BCUT2D eigenvalue weighted by Crippen LogP contribution is 2.46. The summed E-state index contributed by atoms with van der Waals surface area (Å²) >= 11 is 13.5. The number of aryl methyl sites for hydroxylation is 7. The van der Waals surface area contributed by atoms with E-state index in [0.717, 1.165) is 77.5 Å². The Kier molecular flexibility index (Phi) is 8.71. The van der Waals surface area contributed by atoms with E-state index in [1.54, 1.807) is 6.07 Å². The number of benzene rings is 3. The number of hydrogen-bond donors (Lipinski definition) is 1. The zero-order valence-corrected chi connectivity index (χ0v) is 31.6. The van der Waals surface area contributed by atoms with Gasteiger partial charge in [-0.25, -0.2) is 4.79 Å². The average Bonchev–Trinajstić information content (AvgIpc) is 3.68. The van der Waals surface area contributed by atoms with Gasteiger partial charge in [0.25, 0.3) is 5.91 Å². The average molecular weight is 727 g/mol. The van der Waals surface area contributed by atoms with E-state index < -0.39 is 5.97 Å². The normalized spacial score (nSPS) is 14.6. The number of fused-ring (bicyclic) bond motifs is 4. The van der Waals surface area contributed by atoms with Crippen LogP contribution in [-0.2, 0) is 20.5 Å². The Morgan fingerprint density at radius 2 is 1.67 bits per heavy atom. The minimum absolute atomic E-state index is 0.113. The largest absolute Gasteiger partial charge is 0.494 e. The molecule has 0 radical (unpaired) electrons. The summed E-state index contributed by atoms with van der Waals surface area (Å²) in [5, 5.41) is 17.7. The summed E-state index contributed by atoms with van der Waals surface area (Å²) < 4.78 is 12.2. The van der Waals surface area contributed by atoms with E-state index in [0.29, 0.717) is 42.3 Å². The van der Waals surface area contributed by atoms with Crippen molar-refractivity contribution in [3.63, 3.8) is 0 Å². The van der Waals surface area contributed by atoms with Crippen molar-refractivity contribution in [2.24, 2.45) is 14.1 Å². The number of carboxylic acids is 1. The molecule has 3 aromatic carbocycles. The van der Waals surface area contributed by atoms with Gasteiger partial charge in [-0.3, -0.25) is 9.48 Å². The third-order valence-corrected chi connectivity index (χ3v) is 11.4. The van der Waals surface area contributed by atoms with E-state index in [4.69, 9.17) is 33.0 Å². The Morgan fingerprint density at radius 1 is 0.980 bits per heavy atom. The zero-order chi connectivity index (χ0) is 36.6. The molecule has 0 saturated carbocycles. The quantitative estimate of drug-likeness (QED) is 0.158. The fraction of sp³-hybridized carbons (Fsp3) is 0.325. The number of carboxylic acid groups (broad SMARTS) is 1. The minimum Gasteiger partial charge on any atom is -0.494 e. The summed E-state index contributed by atoms with van der Waals surface area (Å²) in [6.45, 7) is 12.8. The smallest absolute Gasteiger partial charge is 0.336 e. The standard InChI is InChI=1S/C40H41Cl2N5O4/c1-20-16-26(17-21(2)35(20)42)51-15-9-10-28-29-13-14-31(41)34(33-24(5)43-45(8)25(33)6)37(29)47-22(3)18-46(39(48)38(28)47)32-19-44(7)36-23(4)27(40(49)50)11-12-30(32)36/h11-14,16-17,19,22H,9-10,15,18H2,1-8H3,(H,49,50). The number of rotatable bonds is 8. The van der Waals surface area contributed by atoms with E-state index in [2.05, 4.69) is 11.5 Å². The van der Waals surface area contributed by atoms with Crippen molar-refractivity contribution >= 4 is 62.6 Å². The molecule has 0 fully saturated rings. The molecular weight excluding hydrogens is 685 g/mol. The number of amides is 1. The van der Waals surface area contributed by atoms with Crippen LogP contribution in [0.15, 0.2) is 42.6 Å². The molecule has 1 unspecified atom stereocenters. The van der Waals surface area contributed by atoms with Gasteiger partial charge in [0.2, 0.25) is 0 Å². The van der Waals surface area contributed by atoms with Crippen molar-refractivity contribution < 1.29 is 19.4 Å². The molecule has 264 valence electrons. The number of carbonyl (C=O) groups is 2. The number of carbonyl (C=O) groups excluding carboxylic acids is 1. The van der Waals surface area contributed by atoms with E-state index in [1.807, 2.05) is 99.4 Å². The summed E-state index contributed by atoms with van der Waals surface area (Å²) in [6, 6.07) is 11.2. The van der Waals surface area contributed by atoms with Crippen LogP contribution in [0.25, 0.3) is 32.9 Å². The van der Waals surface area contributed by atoms with Crippen molar-refractivity contribution in [1.29, 1.82) is 0 Å². The Hall–Kier alpha value is -4.73. The molecule has 3 aromatic heterocycles. The highest BCUT2D eigenvalue weighted by atomic mass is 35.5. The Morgan fingerprint density at radius 3 is 2.31 bits per heavy atom. The van der Waals surface area contributed by atoms with Gasteiger partial charge in [-0.1, -0.05) is 29.3 Å². The second-order valence-electron chi connectivity index (χ2n) is 13.8. The van der Waals surface area contributed by atoms with Gasteiger partial charge in [0, 0.05) is 65.5 Å². The zero-order valence-electron chi connectivity index (χ0n) is 30.1. The fourth-order valence-corrected chi connectivity index (χ4v) is 8.42. The van der Waals surface area contributed by atoms with E-state index in [1.165, 1.54) is 0 Å². The maximum atomic E-state index is 15.0. The summed E-state index contributed by atoms with van der Waals surface area (Å²) in [4.78, 5) is 28.8. The molecule has 0 bridgehead atoms. The van der Waals surface area contributed by atoms with Crippen molar-refractivity contribution in [2.45, 2.75) is 60.4 Å². The van der Waals surface area contributed by atoms with Gasteiger partial charge < -0.3 is 23.9 Å². The van der Waals surface area contributed by atoms with Crippen LogP contribution >= 0.6 is 23.2 Å². The Bertz CT molecular complexity index is 2410. The predicted molar refractivity (Wildman–Crippen MR) is 204 cm³/mol. The van der Waals surface area contributed by atoms with Crippen molar-refractivity contribution in [3.05, 3.63) is 97.5 Å². The minimum atomic E-state index is -0.979. The predicted octanol–water partition coefficient (Wildman–Crippen LogP) is 9.31. The maximum Gasteiger partial charge on any atom is 0.336 e. The second kappa shape index (κ2) is 12.8. The number of nitrogens with zero attached hydrogens (tertiary/aromatic N) is 5. The lowest BCUT2D eigenvalue weighted by molar-refractivity contribution is 0.0696. The van der Waals surface area contributed by atoms with Crippen LogP contribution in [0.1, 0.15) is 73.9 Å². The second-order valence-corrected chi connectivity index (χ2v) is 14.6. The Labute approximate surface area is 306 Å². The van der Waals surface area contributed by atoms with Crippen LogP contribution in [0.5, 0.6) is 5.75 Å². The van der Waals surface area contributed by atoms with Crippen LogP contribution in [-0.4, -0.2) is 49.0 Å². The highest BCUT2D eigenvalue weighted by molar-refractivity contribution is 6.35. The van der Waals surface area contributed by atoms with E-state index >= 15 is 4.79 Å². The molecule has 0 aliphatic carbocycles. The summed E-state index contributed by atoms with van der Waals surface area (Å²) in [6.07, 6.45) is 3.20. The maximum absolute atomic E-state index is 15.0. The van der Waals surface area contributed by atoms with E-state index in [9.17, 15) is 9.90 Å². The molecule has 1 N–H and O–H groups in total. The first-order valence-electron chi connectivity index (χ1n) is 17.1. The van der Waals surface area contributed by atoms with Crippen LogP contribution in [0, 0.1) is 34.6 Å². The number of halogens is 2. The number of aromatic carboxylic acids is 1. The van der Waals surface area contributed by atoms with Gasteiger partial charge in [0.15, 0.2) is 0 Å². The summed E-state index contributed by atoms with van der Waals surface area (Å²) in [5.74, 6) is -0.325. The Balaban J connectivity index is 1.38. The highest BCUT2D eigenvalue weighted by Gasteiger charge is 2.38. The fourth-order valence-electron chi connectivity index (χ4n) is 8.06. The molecule has 4 heterocycles. The third kappa shape index (κ3) is 5.49. The summed E-state index contributed by atoms with van der Waals surface area (Å²) in [7, 11) is 3.82. The molecule has 0 saturated heterocycles. The monoisotopic (exact) mass is 725 g/mol. The van der Waals surface area contributed by atoms with Gasteiger partial charge in [-0.05, 0) is 107 Å². The van der Waals surface area contributed by atoms with Gasteiger partial charge in [0.1, 0.15) is 11.4 Å². The lowest BCUT2D eigenvalue weighted by Gasteiger charge is -2.34. The molecule has 6 aromatic rings. The van der Waals surface area contributed by atoms with Crippen LogP contribution in [0.3, 0.4) is 0 Å². The number of hydrogen-bond acceptors (Lipinski definition) is 4. The first kappa shape index (κ1) is 34.7. The van der Waals surface area contributed by atoms with Crippen LogP contribution < -0.4 is 9.64 Å². The lowest BCUT2D eigenvalue weighted by atomic mass is 9.98. The first-order valence-corrected chi connectivity index (χ1v) is 17.9. The molecular formula is C40H41Cl2N5O4. The number of ether oxygens (including phenoxy) is 1. The molecule has 0 spiro atoms. The van der Waals surface area contributed by atoms with Gasteiger partial charge >= 0.3 is 5.97 Å². The first-order chi connectivity index (χ1) is 24.2. The molecule has 11 heteroatoms.